The molecule has 2 aromatic heterocycles. The Bertz CT molecular complexity index is 652. The van der Waals surface area contributed by atoms with Gasteiger partial charge in [0.2, 0.25) is 0 Å². The number of rotatable bonds is 3. The Kier molecular flexibility index (Phi) is 2.84. The lowest BCUT2D eigenvalue weighted by atomic mass is 10.2. The molecule has 0 aliphatic heterocycles. The molecule has 18 heavy (non-hydrogen) atoms. The van der Waals surface area contributed by atoms with E-state index in [9.17, 15) is 0 Å². The van der Waals surface area contributed by atoms with E-state index in [4.69, 9.17) is 0 Å². The molecule has 4 nitrogen and oxygen atoms in total. The summed E-state index contributed by atoms with van der Waals surface area (Å²) >= 11 is 0. The molecule has 88 valence electrons. The maximum atomic E-state index is 4.40. The molecular weight excluding hydrogens is 224 g/mol. The average molecular weight is 236 g/mol. The molecule has 2 heterocycles. The summed E-state index contributed by atoms with van der Waals surface area (Å²) in [4.78, 5) is 12.4. The smallest absolute Gasteiger partial charge is 0.115 e. The summed E-state index contributed by atoms with van der Waals surface area (Å²) in [5.74, 6) is 0. The van der Waals surface area contributed by atoms with Crippen LogP contribution in [-0.4, -0.2) is 15.0 Å². The third-order valence-electron chi connectivity index (χ3n) is 2.70. The van der Waals surface area contributed by atoms with Gasteiger partial charge in [0.1, 0.15) is 6.33 Å². The van der Waals surface area contributed by atoms with Crippen LogP contribution < -0.4 is 5.32 Å². The van der Waals surface area contributed by atoms with E-state index in [0.29, 0.717) is 6.54 Å². The van der Waals surface area contributed by atoms with Gasteiger partial charge in [-0.3, -0.25) is 4.98 Å². The highest BCUT2D eigenvalue weighted by Crippen LogP contribution is 2.16. The van der Waals surface area contributed by atoms with Crippen molar-refractivity contribution < 1.29 is 0 Å². The van der Waals surface area contributed by atoms with Crippen LogP contribution in [0.2, 0.25) is 0 Å². The predicted octanol–water partition coefficient (Wildman–Crippen LogP) is 2.64. The third kappa shape index (κ3) is 2.27. The molecule has 1 aromatic carbocycles. The summed E-state index contributed by atoms with van der Waals surface area (Å²) in [6.07, 6.45) is 6.97. The molecule has 1 N–H and O–H groups in total. The second-order valence-corrected chi connectivity index (χ2v) is 4.02. The number of nitrogens with zero attached hydrogens (tertiary/aromatic N) is 3. The van der Waals surface area contributed by atoms with Gasteiger partial charge in [0, 0.05) is 29.9 Å². The van der Waals surface area contributed by atoms with Crippen LogP contribution in [-0.2, 0) is 6.54 Å². The van der Waals surface area contributed by atoms with Gasteiger partial charge in [-0.05, 0) is 12.1 Å². The molecular formula is C14H12N4. The predicted molar refractivity (Wildman–Crippen MR) is 71.1 cm³/mol. The van der Waals surface area contributed by atoms with E-state index in [1.54, 1.807) is 12.4 Å². The quantitative estimate of drug-likeness (QED) is 0.759. The highest BCUT2D eigenvalue weighted by molar-refractivity contribution is 5.81. The minimum Gasteiger partial charge on any atom is -0.380 e. The largest absolute Gasteiger partial charge is 0.380 e. The van der Waals surface area contributed by atoms with Crippen LogP contribution in [0.25, 0.3) is 10.9 Å². The van der Waals surface area contributed by atoms with Crippen LogP contribution in [0.3, 0.4) is 0 Å². The number of para-hydroxylation sites is 1. The molecule has 0 fully saturated rings. The van der Waals surface area contributed by atoms with Gasteiger partial charge in [0.25, 0.3) is 0 Å². The highest BCUT2D eigenvalue weighted by Gasteiger charge is 1.97. The van der Waals surface area contributed by atoms with Crippen LogP contribution in [0.5, 0.6) is 0 Å². The molecule has 0 saturated heterocycles. The SMILES string of the molecule is c1ccc2ncc(NCc3cncnc3)cc2c1. The summed E-state index contributed by atoms with van der Waals surface area (Å²) in [6.45, 7) is 0.695. The molecule has 0 unspecified atom stereocenters. The van der Waals surface area contributed by atoms with Crippen molar-refractivity contribution >= 4 is 16.6 Å². The topological polar surface area (TPSA) is 50.7 Å². The zero-order valence-corrected chi connectivity index (χ0v) is 9.74. The molecule has 3 rings (SSSR count). The van der Waals surface area contributed by atoms with Crippen molar-refractivity contribution in [3.05, 3.63) is 60.8 Å². The van der Waals surface area contributed by atoms with E-state index in [-0.39, 0.29) is 0 Å². The zero-order valence-electron chi connectivity index (χ0n) is 9.74. The second kappa shape index (κ2) is 4.79. The maximum Gasteiger partial charge on any atom is 0.115 e. The first-order valence-corrected chi connectivity index (χ1v) is 5.74. The van der Waals surface area contributed by atoms with Crippen molar-refractivity contribution in [1.82, 2.24) is 15.0 Å². The minimum absolute atomic E-state index is 0.695. The molecule has 0 aliphatic rings. The lowest BCUT2D eigenvalue weighted by Gasteiger charge is -2.06. The van der Waals surface area contributed by atoms with Crippen LogP contribution in [0.4, 0.5) is 5.69 Å². The van der Waals surface area contributed by atoms with Gasteiger partial charge in [0.05, 0.1) is 17.4 Å². The number of fused-ring (bicyclic) bond motifs is 1. The van der Waals surface area contributed by atoms with Crippen molar-refractivity contribution in [1.29, 1.82) is 0 Å². The van der Waals surface area contributed by atoms with E-state index in [0.717, 1.165) is 22.2 Å². The number of pyridine rings is 1. The van der Waals surface area contributed by atoms with E-state index in [2.05, 4.69) is 32.4 Å². The van der Waals surface area contributed by atoms with E-state index in [1.165, 1.54) is 6.33 Å². The Morgan fingerprint density at radius 1 is 1.00 bits per heavy atom. The Labute approximate surface area is 105 Å². The summed E-state index contributed by atoms with van der Waals surface area (Å²) in [7, 11) is 0. The molecule has 0 saturated carbocycles. The summed E-state index contributed by atoms with van der Waals surface area (Å²) in [5.41, 5.74) is 3.05. The maximum absolute atomic E-state index is 4.40. The molecule has 0 atom stereocenters. The number of aromatic nitrogens is 3. The number of hydrogen-bond acceptors (Lipinski definition) is 4. The van der Waals surface area contributed by atoms with Crippen molar-refractivity contribution in [2.75, 3.05) is 5.32 Å². The fourth-order valence-electron chi connectivity index (χ4n) is 1.79. The van der Waals surface area contributed by atoms with Crippen LogP contribution >= 0.6 is 0 Å². The van der Waals surface area contributed by atoms with Crippen LogP contribution in [0, 0.1) is 0 Å². The van der Waals surface area contributed by atoms with Gasteiger partial charge in [0.15, 0.2) is 0 Å². The average Bonchev–Trinajstić information content (AvgIpc) is 2.46. The van der Waals surface area contributed by atoms with Crippen molar-refractivity contribution in [3.63, 3.8) is 0 Å². The van der Waals surface area contributed by atoms with Crippen molar-refractivity contribution in [3.8, 4) is 0 Å². The molecule has 0 spiro atoms. The highest BCUT2D eigenvalue weighted by atomic mass is 14.9. The second-order valence-electron chi connectivity index (χ2n) is 4.02. The molecule has 3 aromatic rings. The van der Waals surface area contributed by atoms with Crippen molar-refractivity contribution in [2.45, 2.75) is 6.54 Å². The van der Waals surface area contributed by atoms with E-state index in [1.807, 2.05) is 24.4 Å². The van der Waals surface area contributed by atoms with Crippen LogP contribution in [0.15, 0.2) is 55.2 Å². The van der Waals surface area contributed by atoms with Gasteiger partial charge >= 0.3 is 0 Å². The number of benzene rings is 1. The molecule has 4 heteroatoms. The van der Waals surface area contributed by atoms with Gasteiger partial charge in [-0.15, -0.1) is 0 Å². The van der Waals surface area contributed by atoms with Gasteiger partial charge in [-0.2, -0.15) is 0 Å². The summed E-state index contributed by atoms with van der Waals surface area (Å²) in [5, 5.41) is 4.44. The lowest BCUT2D eigenvalue weighted by molar-refractivity contribution is 1.05. The van der Waals surface area contributed by atoms with Gasteiger partial charge < -0.3 is 5.32 Å². The fourth-order valence-corrected chi connectivity index (χ4v) is 1.79. The standard InChI is InChI=1S/C14H12N4/c1-2-4-14-12(3-1)5-13(9-18-14)17-8-11-6-15-10-16-7-11/h1-7,9-10,17H,8H2. The fraction of sp³-hybridized carbons (Fsp3) is 0.0714. The summed E-state index contributed by atoms with van der Waals surface area (Å²) in [6, 6.07) is 10.2. The number of nitrogens with one attached hydrogen (secondary N) is 1. The number of anilines is 1. The van der Waals surface area contributed by atoms with Gasteiger partial charge in [-0.25, -0.2) is 9.97 Å². The molecule has 0 aliphatic carbocycles. The normalized spacial score (nSPS) is 10.4. The Morgan fingerprint density at radius 3 is 2.72 bits per heavy atom. The Hall–Kier alpha value is -2.49. The monoisotopic (exact) mass is 236 g/mol. The minimum atomic E-state index is 0.695. The Balaban J connectivity index is 1.79. The first-order chi connectivity index (χ1) is 8.92. The van der Waals surface area contributed by atoms with Crippen molar-refractivity contribution in [2.24, 2.45) is 0 Å². The van der Waals surface area contributed by atoms with E-state index < -0.39 is 0 Å². The molecule has 0 radical (unpaired) electrons. The van der Waals surface area contributed by atoms with Gasteiger partial charge in [-0.1, -0.05) is 18.2 Å². The third-order valence-corrected chi connectivity index (χ3v) is 2.70. The van der Waals surface area contributed by atoms with E-state index >= 15 is 0 Å². The summed E-state index contributed by atoms with van der Waals surface area (Å²) < 4.78 is 0. The lowest BCUT2D eigenvalue weighted by Crippen LogP contribution is -2.00. The Morgan fingerprint density at radius 2 is 1.83 bits per heavy atom. The first-order valence-electron chi connectivity index (χ1n) is 5.74. The molecule has 0 amide bonds. The number of hydrogen-bond donors (Lipinski definition) is 1. The van der Waals surface area contributed by atoms with Crippen LogP contribution in [0.1, 0.15) is 5.56 Å². The zero-order chi connectivity index (χ0) is 12.2. The first kappa shape index (κ1) is 10.7. The molecule has 0 bridgehead atoms.